The summed E-state index contributed by atoms with van der Waals surface area (Å²) in [6.07, 6.45) is 0. The molecule has 0 bridgehead atoms. The molecule has 0 spiro atoms. The Balaban J connectivity index is 1.96. The van der Waals surface area contributed by atoms with Gasteiger partial charge < -0.3 is 14.6 Å². The average Bonchev–Trinajstić information content (AvgIpc) is 2.70. The standard InChI is InChI=1S/C20H14F2N2O3/c1-12-17(21)19(26-15-6-2-4-13(8-15)10-23)24-20(18(12)22)27-16-7-3-5-14(9-16)11-25/h2-9,25H,11H2,1H3. The van der Waals surface area contributed by atoms with Gasteiger partial charge in [-0.25, -0.2) is 8.78 Å². The number of rotatable bonds is 5. The van der Waals surface area contributed by atoms with Crippen molar-refractivity contribution in [3.63, 3.8) is 0 Å². The number of halogens is 2. The van der Waals surface area contributed by atoms with E-state index in [1.165, 1.54) is 25.1 Å². The molecule has 0 aliphatic rings. The Morgan fingerprint density at radius 3 is 2.19 bits per heavy atom. The first-order valence-electron chi connectivity index (χ1n) is 7.93. The van der Waals surface area contributed by atoms with Crippen LogP contribution in [0.25, 0.3) is 0 Å². The molecule has 0 atom stereocenters. The maximum Gasteiger partial charge on any atom is 0.259 e. The number of aliphatic hydroxyl groups excluding tert-OH is 1. The number of hydrogen-bond donors (Lipinski definition) is 1. The van der Waals surface area contributed by atoms with Gasteiger partial charge in [-0.1, -0.05) is 18.2 Å². The lowest BCUT2D eigenvalue weighted by Crippen LogP contribution is -2.02. The topological polar surface area (TPSA) is 75.4 Å². The highest BCUT2D eigenvalue weighted by molar-refractivity contribution is 5.40. The molecule has 5 nitrogen and oxygen atoms in total. The van der Waals surface area contributed by atoms with Gasteiger partial charge in [-0.15, -0.1) is 0 Å². The lowest BCUT2D eigenvalue weighted by atomic mass is 10.2. The number of aliphatic hydroxyl groups is 1. The molecule has 3 rings (SSSR count). The summed E-state index contributed by atoms with van der Waals surface area (Å²) in [4.78, 5) is 3.79. The molecule has 0 aliphatic carbocycles. The van der Waals surface area contributed by atoms with E-state index < -0.39 is 23.4 Å². The molecule has 1 aromatic heterocycles. The van der Waals surface area contributed by atoms with Crippen LogP contribution in [0.4, 0.5) is 8.78 Å². The summed E-state index contributed by atoms with van der Waals surface area (Å²) >= 11 is 0. The Kier molecular flexibility index (Phi) is 5.29. The Bertz CT molecular complexity index is 1030. The van der Waals surface area contributed by atoms with Crippen LogP contribution in [0, 0.1) is 29.9 Å². The van der Waals surface area contributed by atoms with Crippen LogP contribution in [0.5, 0.6) is 23.3 Å². The largest absolute Gasteiger partial charge is 0.436 e. The summed E-state index contributed by atoms with van der Waals surface area (Å²) in [5, 5.41) is 18.1. The summed E-state index contributed by atoms with van der Waals surface area (Å²) in [5.74, 6) is -2.45. The Hall–Kier alpha value is -3.50. The van der Waals surface area contributed by atoms with E-state index in [4.69, 9.17) is 14.7 Å². The van der Waals surface area contributed by atoms with Crippen LogP contribution in [-0.2, 0) is 6.61 Å². The SMILES string of the molecule is Cc1c(F)c(Oc2cccc(C#N)c2)nc(Oc2cccc(CO)c2)c1F. The van der Waals surface area contributed by atoms with Gasteiger partial charge in [0.05, 0.1) is 18.2 Å². The highest BCUT2D eigenvalue weighted by Crippen LogP contribution is 2.33. The van der Waals surface area contributed by atoms with Crippen LogP contribution in [0.3, 0.4) is 0 Å². The van der Waals surface area contributed by atoms with Gasteiger partial charge in [0.2, 0.25) is 0 Å². The van der Waals surface area contributed by atoms with Gasteiger partial charge in [-0.3, -0.25) is 0 Å². The van der Waals surface area contributed by atoms with Crippen molar-refractivity contribution in [1.82, 2.24) is 4.98 Å². The fourth-order valence-corrected chi connectivity index (χ4v) is 2.30. The molecular weight excluding hydrogens is 354 g/mol. The van der Waals surface area contributed by atoms with Crippen LogP contribution in [-0.4, -0.2) is 10.1 Å². The summed E-state index contributed by atoms with van der Waals surface area (Å²) in [5.41, 5.74) is 0.574. The van der Waals surface area contributed by atoms with Crippen molar-refractivity contribution < 1.29 is 23.4 Å². The van der Waals surface area contributed by atoms with E-state index >= 15 is 0 Å². The number of pyridine rings is 1. The lowest BCUT2D eigenvalue weighted by molar-refractivity contribution is 0.281. The van der Waals surface area contributed by atoms with Gasteiger partial charge in [0.25, 0.3) is 11.8 Å². The molecule has 0 aliphatic heterocycles. The van der Waals surface area contributed by atoms with E-state index in [-0.39, 0.29) is 23.7 Å². The van der Waals surface area contributed by atoms with Crippen molar-refractivity contribution >= 4 is 0 Å². The van der Waals surface area contributed by atoms with Gasteiger partial charge >= 0.3 is 0 Å². The monoisotopic (exact) mass is 368 g/mol. The highest BCUT2D eigenvalue weighted by Gasteiger charge is 2.21. The number of hydrogen-bond acceptors (Lipinski definition) is 5. The lowest BCUT2D eigenvalue weighted by Gasteiger charge is -2.12. The molecule has 0 unspecified atom stereocenters. The maximum absolute atomic E-state index is 14.4. The highest BCUT2D eigenvalue weighted by atomic mass is 19.1. The molecule has 2 aromatic carbocycles. The van der Waals surface area contributed by atoms with Crippen molar-refractivity contribution in [1.29, 1.82) is 5.26 Å². The van der Waals surface area contributed by atoms with E-state index in [9.17, 15) is 13.9 Å². The quantitative estimate of drug-likeness (QED) is 0.711. The molecule has 3 aromatic rings. The van der Waals surface area contributed by atoms with Gasteiger partial charge in [0.1, 0.15) is 11.5 Å². The molecule has 1 heterocycles. The zero-order valence-corrected chi connectivity index (χ0v) is 14.2. The second kappa shape index (κ2) is 7.81. The Morgan fingerprint density at radius 1 is 1.00 bits per heavy atom. The number of nitrogens with zero attached hydrogens (tertiary/aromatic N) is 2. The zero-order valence-electron chi connectivity index (χ0n) is 14.2. The summed E-state index contributed by atoms with van der Waals surface area (Å²) in [7, 11) is 0. The first-order valence-corrected chi connectivity index (χ1v) is 7.93. The molecule has 27 heavy (non-hydrogen) atoms. The van der Waals surface area contributed by atoms with Crippen molar-refractivity contribution in [2.24, 2.45) is 0 Å². The molecule has 0 saturated heterocycles. The molecular formula is C20H14F2N2O3. The molecule has 0 saturated carbocycles. The Morgan fingerprint density at radius 2 is 1.59 bits per heavy atom. The third kappa shape index (κ3) is 4.02. The summed E-state index contributed by atoms with van der Waals surface area (Å²) < 4.78 is 39.6. The average molecular weight is 368 g/mol. The zero-order chi connectivity index (χ0) is 19.4. The number of ether oxygens (including phenoxy) is 2. The van der Waals surface area contributed by atoms with Crippen molar-refractivity contribution in [3.8, 4) is 29.3 Å². The van der Waals surface area contributed by atoms with Crippen LogP contribution in [0.15, 0.2) is 48.5 Å². The van der Waals surface area contributed by atoms with Gasteiger partial charge in [-0.05, 0) is 42.8 Å². The smallest absolute Gasteiger partial charge is 0.259 e. The minimum absolute atomic E-state index is 0.180. The maximum atomic E-state index is 14.4. The first kappa shape index (κ1) is 18.3. The fourth-order valence-electron chi connectivity index (χ4n) is 2.30. The van der Waals surface area contributed by atoms with Gasteiger partial charge in [0, 0.05) is 5.56 Å². The molecule has 0 amide bonds. The molecule has 136 valence electrons. The molecule has 0 fully saturated rings. The predicted octanol–water partition coefficient (Wildman–Crippen LogP) is 4.62. The van der Waals surface area contributed by atoms with Crippen LogP contribution >= 0.6 is 0 Å². The van der Waals surface area contributed by atoms with E-state index in [0.717, 1.165) is 0 Å². The molecule has 7 heteroatoms. The number of aromatic nitrogens is 1. The molecule has 1 N–H and O–H groups in total. The van der Waals surface area contributed by atoms with E-state index in [1.807, 2.05) is 6.07 Å². The second-order valence-corrected chi connectivity index (χ2v) is 5.62. The van der Waals surface area contributed by atoms with Crippen LogP contribution in [0.2, 0.25) is 0 Å². The molecule has 0 radical (unpaired) electrons. The van der Waals surface area contributed by atoms with Crippen LogP contribution in [0.1, 0.15) is 16.7 Å². The summed E-state index contributed by atoms with van der Waals surface area (Å²) in [6.45, 7) is 1.03. The van der Waals surface area contributed by atoms with E-state index in [2.05, 4.69) is 4.98 Å². The summed E-state index contributed by atoms with van der Waals surface area (Å²) in [6, 6.07) is 14.4. The van der Waals surface area contributed by atoms with Crippen molar-refractivity contribution in [2.75, 3.05) is 0 Å². The number of benzene rings is 2. The normalized spacial score (nSPS) is 10.3. The first-order chi connectivity index (χ1) is 13.0. The Labute approximate surface area is 154 Å². The van der Waals surface area contributed by atoms with Crippen LogP contribution < -0.4 is 9.47 Å². The predicted molar refractivity (Wildman–Crippen MR) is 92.6 cm³/mol. The minimum Gasteiger partial charge on any atom is -0.436 e. The van der Waals surface area contributed by atoms with Gasteiger partial charge in [-0.2, -0.15) is 10.2 Å². The second-order valence-electron chi connectivity index (χ2n) is 5.62. The van der Waals surface area contributed by atoms with Crippen molar-refractivity contribution in [3.05, 3.63) is 76.9 Å². The third-order valence-corrected chi connectivity index (χ3v) is 3.71. The van der Waals surface area contributed by atoms with E-state index in [1.54, 1.807) is 30.3 Å². The van der Waals surface area contributed by atoms with Crippen molar-refractivity contribution in [2.45, 2.75) is 13.5 Å². The number of nitriles is 1. The van der Waals surface area contributed by atoms with Gasteiger partial charge in [0.15, 0.2) is 11.6 Å². The fraction of sp³-hybridized carbons (Fsp3) is 0.100. The van der Waals surface area contributed by atoms with E-state index in [0.29, 0.717) is 11.1 Å². The minimum atomic E-state index is -0.966. The third-order valence-electron chi connectivity index (χ3n) is 3.71.